The molecule has 0 aromatic carbocycles. The molecule has 166 valence electrons. The van der Waals surface area contributed by atoms with E-state index in [4.69, 9.17) is 4.74 Å². The second-order valence-corrected chi connectivity index (χ2v) is 7.02. The molecule has 31 heavy (non-hydrogen) atoms. The van der Waals surface area contributed by atoms with Crippen LogP contribution >= 0.6 is 0 Å². The molecular formula is C21H25F2N5O3. The van der Waals surface area contributed by atoms with E-state index in [1.165, 1.54) is 25.3 Å². The Morgan fingerprint density at radius 1 is 1.29 bits per heavy atom. The molecule has 2 aromatic rings. The minimum absolute atomic E-state index is 0.0333. The number of nitrogens with zero attached hydrogens (tertiary/aromatic N) is 3. The van der Waals surface area contributed by atoms with Gasteiger partial charge >= 0.3 is 5.92 Å². The standard InChI is InChI=1S/C21H25F2N5O3/c1-6-17(29)28-20-25-13(4)9-16(27-20)19(30)26-14(5)15-7-8-18(24-10-15)31-11-21(22,23)12(2)3/h7-10,14H,2,6,11H2,1,3-5H3,(H,26,30)(H,25,27,28,29). The number of anilines is 1. The predicted octanol–water partition coefficient (Wildman–Crippen LogP) is 3.61. The molecule has 2 amide bonds. The molecule has 2 heterocycles. The molecule has 8 nitrogen and oxygen atoms in total. The summed E-state index contributed by atoms with van der Waals surface area (Å²) in [6, 6.07) is 4.11. The van der Waals surface area contributed by atoms with Crippen molar-refractivity contribution >= 4 is 17.8 Å². The van der Waals surface area contributed by atoms with Crippen LogP contribution in [0.4, 0.5) is 14.7 Å². The van der Waals surface area contributed by atoms with Gasteiger partial charge in [-0.25, -0.2) is 15.0 Å². The largest absolute Gasteiger partial charge is 0.471 e. The van der Waals surface area contributed by atoms with Crippen LogP contribution in [0.15, 0.2) is 36.5 Å². The van der Waals surface area contributed by atoms with E-state index in [0.29, 0.717) is 11.3 Å². The lowest BCUT2D eigenvalue weighted by Gasteiger charge is -2.17. The molecular weight excluding hydrogens is 408 g/mol. The van der Waals surface area contributed by atoms with Crippen molar-refractivity contribution in [3.05, 3.63) is 53.5 Å². The number of nitrogens with one attached hydrogen (secondary N) is 2. The molecule has 0 aliphatic carbocycles. The maximum Gasteiger partial charge on any atom is 0.302 e. The highest BCUT2D eigenvalue weighted by molar-refractivity contribution is 5.94. The minimum atomic E-state index is -3.15. The van der Waals surface area contributed by atoms with Crippen LogP contribution in [-0.2, 0) is 4.79 Å². The fraction of sp³-hybridized carbons (Fsp3) is 0.381. The summed E-state index contributed by atoms with van der Waals surface area (Å²) in [5.74, 6) is -3.79. The Labute approximate surface area is 179 Å². The summed E-state index contributed by atoms with van der Waals surface area (Å²) in [5.41, 5.74) is 0.963. The van der Waals surface area contributed by atoms with E-state index in [-0.39, 0.29) is 35.4 Å². The number of hydrogen-bond acceptors (Lipinski definition) is 6. The lowest BCUT2D eigenvalue weighted by Crippen LogP contribution is -2.28. The van der Waals surface area contributed by atoms with Gasteiger partial charge in [0.15, 0.2) is 6.61 Å². The highest BCUT2D eigenvalue weighted by Gasteiger charge is 2.31. The summed E-state index contributed by atoms with van der Waals surface area (Å²) in [4.78, 5) is 36.3. The van der Waals surface area contributed by atoms with Crippen LogP contribution in [0.2, 0.25) is 0 Å². The highest BCUT2D eigenvalue weighted by atomic mass is 19.3. The number of carbonyl (C=O) groups is 2. The topological polar surface area (TPSA) is 106 Å². The first kappa shape index (κ1) is 23.8. The van der Waals surface area contributed by atoms with Gasteiger partial charge in [-0.05, 0) is 38.0 Å². The number of aromatic nitrogens is 3. The van der Waals surface area contributed by atoms with E-state index in [1.807, 2.05) is 0 Å². The van der Waals surface area contributed by atoms with Crippen LogP contribution in [0.25, 0.3) is 0 Å². The number of aryl methyl sites for hydroxylation is 1. The van der Waals surface area contributed by atoms with Crippen molar-refractivity contribution in [1.29, 1.82) is 0 Å². The lowest BCUT2D eigenvalue weighted by atomic mass is 10.1. The van der Waals surface area contributed by atoms with Crippen molar-refractivity contribution in [2.75, 3.05) is 11.9 Å². The smallest absolute Gasteiger partial charge is 0.302 e. The zero-order valence-electron chi connectivity index (χ0n) is 17.8. The number of amides is 2. The summed E-state index contributed by atoms with van der Waals surface area (Å²) in [6.07, 6.45) is 1.69. The van der Waals surface area contributed by atoms with E-state index in [1.54, 1.807) is 26.8 Å². The van der Waals surface area contributed by atoms with E-state index in [9.17, 15) is 18.4 Å². The first-order valence-electron chi connectivity index (χ1n) is 9.60. The van der Waals surface area contributed by atoms with Gasteiger partial charge < -0.3 is 10.1 Å². The number of alkyl halides is 2. The van der Waals surface area contributed by atoms with Crippen molar-refractivity contribution in [3.8, 4) is 5.88 Å². The van der Waals surface area contributed by atoms with E-state index in [0.717, 1.165) is 0 Å². The first-order valence-corrected chi connectivity index (χ1v) is 9.60. The summed E-state index contributed by atoms with van der Waals surface area (Å²) in [6.45, 7) is 8.72. The van der Waals surface area contributed by atoms with Crippen molar-refractivity contribution in [1.82, 2.24) is 20.3 Å². The summed E-state index contributed by atoms with van der Waals surface area (Å²) >= 11 is 0. The normalized spacial score (nSPS) is 12.1. The number of carbonyl (C=O) groups excluding carboxylic acids is 2. The molecule has 1 unspecified atom stereocenters. The quantitative estimate of drug-likeness (QED) is 0.585. The van der Waals surface area contributed by atoms with E-state index < -0.39 is 24.5 Å². The third-order valence-corrected chi connectivity index (χ3v) is 4.29. The van der Waals surface area contributed by atoms with Gasteiger partial charge in [0.25, 0.3) is 5.91 Å². The molecule has 0 saturated carbocycles. The van der Waals surface area contributed by atoms with Gasteiger partial charge in [0.05, 0.1) is 6.04 Å². The Kier molecular flexibility index (Phi) is 7.73. The van der Waals surface area contributed by atoms with Crippen LogP contribution in [0.1, 0.15) is 55.0 Å². The fourth-order valence-corrected chi connectivity index (χ4v) is 2.33. The van der Waals surface area contributed by atoms with Crippen molar-refractivity contribution in [2.45, 2.75) is 46.1 Å². The van der Waals surface area contributed by atoms with Crippen molar-refractivity contribution in [2.24, 2.45) is 0 Å². The molecule has 2 N–H and O–H groups in total. The summed E-state index contributed by atoms with van der Waals surface area (Å²) < 4.78 is 32.1. The van der Waals surface area contributed by atoms with E-state index >= 15 is 0 Å². The van der Waals surface area contributed by atoms with Crippen LogP contribution < -0.4 is 15.4 Å². The lowest BCUT2D eigenvalue weighted by molar-refractivity contribution is -0.115. The van der Waals surface area contributed by atoms with Gasteiger partial charge in [-0.3, -0.25) is 14.9 Å². The molecule has 0 aliphatic rings. The van der Waals surface area contributed by atoms with Gasteiger partial charge in [-0.2, -0.15) is 8.78 Å². The molecule has 2 aromatic heterocycles. The molecule has 2 rings (SSSR count). The molecule has 10 heteroatoms. The van der Waals surface area contributed by atoms with Crippen LogP contribution in [0.5, 0.6) is 5.88 Å². The van der Waals surface area contributed by atoms with Crippen LogP contribution in [-0.4, -0.2) is 39.3 Å². The minimum Gasteiger partial charge on any atom is -0.471 e. The molecule has 0 saturated heterocycles. The van der Waals surface area contributed by atoms with Crippen LogP contribution in [0, 0.1) is 6.92 Å². The Hall–Kier alpha value is -3.43. The van der Waals surface area contributed by atoms with Crippen molar-refractivity contribution < 1.29 is 23.1 Å². The number of hydrogen-bond donors (Lipinski definition) is 2. The number of halogens is 2. The molecule has 0 bridgehead atoms. The maximum absolute atomic E-state index is 13.6. The van der Waals surface area contributed by atoms with E-state index in [2.05, 4.69) is 32.2 Å². The first-order chi connectivity index (χ1) is 14.5. The number of rotatable bonds is 9. The average molecular weight is 433 g/mol. The molecule has 0 radical (unpaired) electrons. The predicted molar refractivity (Wildman–Crippen MR) is 111 cm³/mol. The zero-order valence-corrected chi connectivity index (χ0v) is 17.8. The number of pyridine rings is 1. The third-order valence-electron chi connectivity index (χ3n) is 4.29. The molecule has 0 fully saturated rings. The Morgan fingerprint density at radius 3 is 2.58 bits per heavy atom. The van der Waals surface area contributed by atoms with Gasteiger partial charge in [-0.15, -0.1) is 0 Å². The Bertz CT molecular complexity index is 964. The van der Waals surface area contributed by atoms with Crippen molar-refractivity contribution in [3.63, 3.8) is 0 Å². The Balaban J connectivity index is 2.03. The zero-order chi connectivity index (χ0) is 23.2. The molecule has 0 aliphatic heterocycles. The monoisotopic (exact) mass is 433 g/mol. The summed E-state index contributed by atoms with van der Waals surface area (Å²) in [7, 11) is 0. The van der Waals surface area contributed by atoms with Crippen LogP contribution in [0.3, 0.4) is 0 Å². The second-order valence-electron chi connectivity index (χ2n) is 7.02. The molecule has 0 spiro atoms. The fourth-order valence-electron chi connectivity index (χ4n) is 2.33. The number of ether oxygens (including phenoxy) is 1. The van der Waals surface area contributed by atoms with Gasteiger partial charge in [0.1, 0.15) is 5.69 Å². The third kappa shape index (κ3) is 6.80. The van der Waals surface area contributed by atoms with Gasteiger partial charge in [-0.1, -0.05) is 19.6 Å². The molecule has 1 atom stereocenters. The summed E-state index contributed by atoms with van der Waals surface area (Å²) in [5, 5.41) is 5.29. The Morgan fingerprint density at radius 2 is 2.00 bits per heavy atom. The van der Waals surface area contributed by atoms with Gasteiger partial charge in [0, 0.05) is 24.4 Å². The highest BCUT2D eigenvalue weighted by Crippen LogP contribution is 2.23. The maximum atomic E-state index is 13.6. The van der Waals surface area contributed by atoms with Gasteiger partial charge in [0.2, 0.25) is 17.7 Å². The average Bonchev–Trinajstić information content (AvgIpc) is 2.71. The second kappa shape index (κ2) is 10.1. The SMILES string of the molecule is C=C(C)C(F)(F)COc1ccc(C(C)NC(=O)c2cc(C)nc(NC(=O)CC)n2)cn1.